The van der Waals surface area contributed by atoms with Crippen LogP contribution >= 0.6 is 0 Å². The minimum atomic E-state index is -0.503. The molecular weight excluding hydrogens is 260 g/mol. The first kappa shape index (κ1) is 16.1. The normalized spacial score (nSPS) is 10.7. The summed E-state index contributed by atoms with van der Waals surface area (Å²) in [5.41, 5.74) is 0.694. The van der Waals surface area contributed by atoms with E-state index in [-0.39, 0.29) is 24.1 Å². The number of carbonyl (C=O) groups is 2. The van der Waals surface area contributed by atoms with E-state index in [2.05, 4.69) is 15.6 Å². The number of amides is 1. The molecule has 1 aromatic heterocycles. The molecule has 1 amide bonds. The highest BCUT2D eigenvalue weighted by Gasteiger charge is 2.19. The molecular formula is C13H22N4O3. The van der Waals surface area contributed by atoms with Crippen molar-refractivity contribution in [1.82, 2.24) is 20.3 Å². The zero-order chi connectivity index (χ0) is 15.1. The number of carbonyl (C=O) groups excluding carboxylic acids is 2. The molecule has 7 nitrogen and oxygen atoms in total. The SMILES string of the molecule is CCCNC(=O)Cn1nnc(C(=O)OCC(C)C)c1C. The minimum Gasteiger partial charge on any atom is -0.461 e. The molecule has 0 radical (unpaired) electrons. The molecule has 112 valence electrons. The zero-order valence-corrected chi connectivity index (χ0v) is 12.5. The summed E-state index contributed by atoms with van der Waals surface area (Å²) in [6, 6.07) is 0. The number of aromatic nitrogens is 3. The van der Waals surface area contributed by atoms with Gasteiger partial charge in [0.1, 0.15) is 6.54 Å². The van der Waals surface area contributed by atoms with E-state index >= 15 is 0 Å². The molecule has 0 saturated heterocycles. The maximum absolute atomic E-state index is 11.8. The van der Waals surface area contributed by atoms with Gasteiger partial charge in [0.15, 0.2) is 5.69 Å². The van der Waals surface area contributed by atoms with Crippen molar-refractivity contribution in [3.63, 3.8) is 0 Å². The Balaban J connectivity index is 2.64. The lowest BCUT2D eigenvalue weighted by atomic mass is 10.2. The second-order valence-electron chi connectivity index (χ2n) is 5.02. The van der Waals surface area contributed by atoms with Crippen LogP contribution < -0.4 is 5.32 Å². The summed E-state index contributed by atoms with van der Waals surface area (Å²) in [5.74, 6) is -0.396. The van der Waals surface area contributed by atoms with Gasteiger partial charge in [-0.1, -0.05) is 26.0 Å². The number of hydrogen-bond acceptors (Lipinski definition) is 5. The molecule has 0 atom stereocenters. The van der Waals surface area contributed by atoms with Crippen LogP contribution in [0.2, 0.25) is 0 Å². The average Bonchev–Trinajstić information content (AvgIpc) is 2.75. The van der Waals surface area contributed by atoms with Gasteiger partial charge in [0.2, 0.25) is 5.91 Å². The molecule has 0 aliphatic heterocycles. The van der Waals surface area contributed by atoms with Gasteiger partial charge < -0.3 is 10.1 Å². The van der Waals surface area contributed by atoms with Crippen LogP contribution in [0.25, 0.3) is 0 Å². The highest BCUT2D eigenvalue weighted by molar-refractivity contribution is 5.88. The maximum Gasteiger partial charge on any atom is 0.360 e. The molecule has 0 spiro atoms. The second-order valence-corrected chi connectivity index (χ2v) is 5.02. The van der Waals surface area contributed by atoms with E-state index in [1.807, 2.05) is 20.8 Å². The molecule has 1 N–H and O–H groups in total. The monoisotopic (exact) mass is 282 g/mol. The molecule has 0 aliphatic rings. The van der Waals surface area contributed by atoms with Crippen LogP contribution in [0, 0.1) is 12.8 Å². The van der Waals surface area contributed by atoms with E-state index in [4.69, 9.17) is 4.74 Å². The van der Waals surface area contributed by atoms with Crippen molar-refractivity contribution >= 4 is 11.9 Å². The summed E-state index contributed by atoms with van der Waals surface area (Å²) in [6.45, 7) is 8.58. The number of hydrogen-bond donors (Lipinski definition) is 1. The van der Waals surface area contributed by atoms with Crippen LogP contribution in [0.3, 0.4) is 0 Å². The van der Waals surface area contributed by atoms with Gasteiger partial charge in [-0.2, -0.15) is 0 Å². The number of nitrogens with zero attached hydrogens (tertiary/aromatic N) is 3. The molecule has 0 fully saturated rings. The minimum absolute atomic E-state index is 0.0519. The Morgan fingerprint density at radius 3 is 2.70 bits per heavy atom. The third-order valence-corrected chi connectivity index (χ3v) is 2.59. The van der Waals surface area contributed by atoms with Crippen molar-refractivity contribution in [2.75, 3.05) is 13.2 Å². The lowest BCUT2D eigenvalue weighted by Gasteiger charge is -2.06. The van der Waals surface area contributed by atoms with Crippen molar-refractivity contribution in [2.45, 2.75) is 40.7 Å². The van der Waals surface area contributed by atoms with Crippen LogP contribution in [0.15, 0.2) is 0 Å². The maximum atomic E-state index is 11.8. The van der Waals surface area contributed by atoms with Gasteiger partial charge in [-0.05, 0) is 19.3 Å². The Morgan fingerprint density at radius 1 is 1.40 bits per heavy atom. The molecule has 0 unspecified atom stereocenters. The molecule has 1 aromatic rings. The number of nitrogens with one attached hydrogen (secondary N) is 1. The van der Waals surface area contributed by atoms with E-state index < -0.39 is 5.97 Å². The van der Waals surface area contributed by atoms with E-state index in [9.17, 15) is 9.59 Å². The molecule has 0 bridgehead atoms. The third kappa shape index (κ3) is 4.64. The van der Waals surface area contributed by atoms with Crippen molar-refractivity contribution < 1.29 is 14.3 Å². The first-order valence-corrected chi connectivity index (χ1v) is 6.79. The summed E-state index contributed by atoms with van der Waals surface area (Å²) < 4.78 is 6.50. The lowest BCUT2D eigenvalue weighted by Crippen LogP contribution is -2.29. The number of ether oxygens (including phenoxy) is 1. The molecule has 20 heavy (non-hydrogen) atoms. The van der Waals surface area contributed by atoms with Gasteiger partial charge in [-0.25, -0.2) is 9.48 Å². The lowest BCUT2D eigenvalue weighted by molar-refractivity contribution is -0.121. The highest BCUT2D eigenvalue weighted by atomic mass is 16.5. The topological polar surface area (TPSA) is 86.1 Å². The molecule has 7 heteroatoms. The Kier molecular flexibility index (Phi) is 6.14. The first-order chi connectivity index (χ1) is 9.45. The molecule has 0 saturated carbocycles. The number of rotatable bonds is 7. The molecule has 1 rings (SSSR count). The van der Waals surface area contributed by atoms with Crippen LogP contribution in [0.4, 0.5) is 0 Å². The van der Waals surface area contributed by atoms with Gasteiger partial charge in [0, 0.05) is 6.54 Å². The van der Waals surface area contributed by atoms with E-state index in [0.29, 0.717) is 18.8 Å². The smallest absolute Gasteiger partial charge is 0.360 e. The Morgan fingerprint density at radius 2 is 2.10 bits per heavy atom. The summed E-state index contributed by atoms with van der Waals surface area (Å²) in [5, 5.41) is 10.3. The van der Waals surface area contributed by atoms with Gasteiger partial charge in [0.25, 0.3) is 0 Å². The van der Waals surface area contributed by atoms with Crippen molar-refractivity contribution in [3.05, 3.63) is 11.4 Å². The second kappa shape index (κ2) is 7.62. The van der Waals surface area contributed by atoms with Gasteiger partial charge in [0.05, 0.1) is 12.3 Å². The summed E-state index contributed by atoms with van der Waals surface area (Å²) in [7, 11) is 0. The Bertz CT molecular complexity index is 468. The quantitative estimate of drug-likeness (QED) is 0.752. The van der Waals surface area contributed by atoms with Crippen LogP contribution in [0.5, 0.6) is 0 Å². The summed E-state index contributed by atoms with van der Waals surface area (Å²) >= 11 is 0. The van der Waals surface area contributed by atoms with Gasteiger partial charge >= 0.3 is 5.97 Å². The highest BCUT2D eigenvalue weighted by Crippen LogP contribution is 2.06. The average molecular weight is 282 g/mol. The van der Waals surface area contributed by atoms with Crippen molar-refractivity contribution in [3.8, 4) is 0 Å². The fourth-order valence-corrected chi connectivity index (χ4v) is 1.47. The summed E-state index contributed by atoms with van der Waals surface area (Å²) in [6.07, 6.45) is 0.870. The van der Waals surface area contributed by atoms with E-state index in [1.165, 1.54) is 4.68 Å². The predicted octanol–water partition coefficient (Wildman–Crippen LogP) is 0.926. The van der Waals surface area contributed by atoms with E-state index in [0.717, 1.165) is 6.42 Å². The molecule has 1 heterocycles. The van der Waals surface area contributed by atoms with Crippen molar-refractivity contribution in [2.24, 2.45) is 5.92 Å². The van der Waals surface area contributed by atoms with Crippen LogP contribution in [-0.2, 0) is 16.1 Å². The molecule has 0 aromatic carbocycles. The largest absolute Gasteiger partial charge is 0.461 e. The molecule has 0 aliphatic carbocycles. The fourth-order valence-electron chi connectivity index (χ4n) is 1.47. The Labute approximate surface area is 118 Å². The van der Waals surface area contributed by atoms with Gasteiger partial charge in [-0.15, -0.1) is 5.10 Å². The zero-order valence-electron chi connectivity index (χ0n) is 12.5. The summed E-state index contributed by atoms with van der Waals surface area (Å²) in [4.78, 5) is 23.4. The van der Waals surface area contributed by atoms with Crippen LogP contribution in [0.1, 0.15) is 43.4 Å². The first-order valence-electron chi connectivity index (χ1n) is 6.79. The number of esters is 1. The third-order valence-electron chi connectivity index (χ3n) is 2.59. The van der Waals surface area contributed by atoms with Crippen molar-refractivity contribution in [1.29, 1.82) is 0 Å². The van der Waals surface area contributed by atoms with Crippen LogP contribution in [-0.4, -0.2) is 40.0 Å². The Hall–Kier alpha value is -1.92. The van der Waals surface area contributed by atoms with E-state index in [1.54, 1.807) is 6.92 Å². The fraction of sp³-hybridized carbons (Fsp3) is 0.692. The van der Waals surface area contributed by atoms with Gasteiger partial charge in [-0.3, -0.25) is 4.79 Å². The predicted molar refractivity (Wildman–Crippen MR) is 73.2 cm³/mol. The standard InChI is InChI=1S/C13H22N4O3/c1-5-6-14-11(18)7-17-10(4)12(15-16-17)13(19)20-8-9(2)3/h9H,5-8H2,1-4H3,(H,14,18).